The van der Waals surface area contributed by atoms with Gasteiger partial charge in [-0.2, -0.15) is 0 Å². The van der Waals surface area contributed by atoms with Crippen molar-refractivity contribution in [2.24, 2.45) is 0 Å². The molecule has 6 nitrogen and oxygen atoms in total. The first-order valence-electron chi connectivity index (χ1n) is 8.82. The van der Waals surface area contributed by atoms with Crippen LogP contribution < -0.4 is 0 Å². The van der Waals surface area contributed by atoms with Gasteiger partial charge >= 0.3 is 11.9 Å². The Morgan fingerprint density at radius 3 is 1.48 bits per heavy atom. The molecule has 0 heterocycles. The number of hydrogen-bond donors (Lipinski definition) is 2. The number of aromatic hydroxyl groups is 2. The maximum atomic E-state index is 12.5. The fourth-order valence-corrected chi connectivity index (χ4v) is 3.23. The van der Waals surface area contributed by atoms with Gasteiger partial charge in [-0.1, -0.05) is 60.7 Å². The number of fused-ring (bicyclic) bond motifs is 2. The Morgan fingerprint density at radius 1 is 0.621 bits per heavy atom. The van der Waals surface area contributed by atoms with E-state index in [2.05, 4.69) is 0 Å². The van der Waals surface area contributed by atoms with E-state index < -0.39 is 18.7 Å². The van der Waals surface area contributed by atoms with Gasteiger partial charge in [0.25, 0.3) is 0 Å². The predicted molar refractivity (Wildman–Crippen MR) is 107 cm³/mol. The van der Waals surface area contributed by atoms with Crippen molar-refractivity contribution in [2.75, 3.05) is 6.79 Å². The molecule has 0 amide bonds. The van der Waals surface area contributed by atoms with Crippen molar-refractivity contribution in [3.8, 4) is 11.5 Å². The number of esters is 2. The lowest BCUT2D eigenvalue weighted by atomic mass is 10.0. The van der Waals surface area contributed by atoms with Crippen molar-refractivity contribution in [1.82, 2.24) is 0 Å². The summed E-state index contributed by atoms with van der Waals surface area (Å²) in [6.07, 6.45) is 0. The van der Waals surface area contributed by atoms with Gasteiger partial charge in [-0.15, -0.1) is 0 Å². The van der Waals surface area contributed by atoms with Crippen LogP contribution in [0.4, 0.5) is 0 Å². The van der Waals surface area contributed by atoms with Crippen molar-refractivity contribution in [3.63, 3.8) is 0 Å². The van der Waals surface area contributed by atoms with Crippen molar-refractivity contribution in [2.45, 2.75) is 0 Å². The molecule has 6 heteroatoms. The summed E-state index contributed by atoms with van der Waals surface area (Å²) in [6, 6.07) is 20.2. The zero-order chi connectivity index (χ0) is 20.4. The van der Waals surface area contributed by atoms with Gasteiger partial charge in [0.15, 0.2) is 0 Å². The third-order valence-electron chi connectivity index (χ3n) is 4.60. The molecular formula is C23H16O6. The molecule has 144 valence electrons. The minimum atomic E-state index is -0.825. The van der Waals surface area contributed by atoms with E-state index in [1.807, 2.05) is 12.1 Å². The van der Waals surface area contributed by atoms with E-state index in [0.717, 1.165) is 10.8 Å². The van der Waals surface area contributed by atoms with Gasteiger partial charge in [-0.3, -0.25) is 0 Å². The average molecular weight is 388 g/mol. The summed E-state index contributed by atoms with van der Waals surface area (Å²) in [7, 11) is 0. The standard InChI is InChI=1S/C23H16O6/c24-18-11-9-14-5-1-3-7-16(14)20(18)22(26)28-13-29-23(27)21-17-8-4-2-6-15(17)10-12-19(21)25/h1-12,24-25H,13H2. The minimum Gasteiger partial charge on any atom is -0.507 e. The summed E-state index contributed by atoms with van der Waals surface area (Å²) in [5.41, 5.74) is -0.0145. The van der Waals surface area contributed by atoms with Crippen LogP contribution in [0.25, 0.3) is 21.5 Å². The van der Waals surface area contributed by atoms with Crippen LogP contribution in [0.1, 0.15) is 20.7 Å². The van der Waals surface area contributed by atoms with Crippen LogP contribution in [0.3, 0.4) is 0 Å². The summed E-state index contributed by atoms with van der Waals surface area (Å²) < 4.78 is 10.1. The Bertz CT molecular complexity index is 1150. The van der Waals surface area contributed by atoms with E-state index in [-0.39, 0.29) is 22.6 Å². The highest BCUT2D eigenvalue weighted by atomic mass is 16.7. The van der Waals surface area contributed by atoms with Crippen molar-refractivity contribution < 1.29 is 29.3 Å². The fraction of sp³-hybridized carbons (Fsp3) is 0.0435. The van der Waals surface area contributed by atoms with Gasteiger partial charge in [0.2, 0.25) is 6.79 Å². The van der Waals surface area contributed by atoms with Crippen LogP contribution in [0.15, 0.2) is 72.8 Å². The predicted octanol–water partition coefficient (Wildman–Crippen LogP) is 4.38. The Morgan fingerprint density at radius 2 is 1.03 bits per heavy atom. The third kappa shape index (κ3) is 3.43. The normalized spacial score (nSPS) is 10.8. The first kappa shape index (κ1) is 18.3. The molecule has 29 heavy (non-hydrogen) atoms. The fourth-order valence-electron chi connectivity index (χ4n) is 3.23. The number of carbonyl (C=O) groups excluding carboxylic acids is 2. The second-order valence-electron chi connectivity index (χ2n) is 6.34. The highest BCUT2D eigenvalue weighted by Crippen LogP contribution is 2.29. The monoisotopic (exact) mass is 388 g/mol. The highest BCUT2D eigenvalue weighted by molar-refractivity contribution is 6.08. The SMILES string of the molecule is O=C(OCOC(=O)c1c(O)ccc2ccccc12)c1c(O)ccc2ccccc12. The van der Waals surface area contributed by atoms with E-state index in [1.54, 1.807) is 48.5 Å². The second-order valence-corrected chi connectivity index (χ2v) is 6.34. The van der Waals surface area contributed by atoms with E-state index >= 15 is 0 Å². The number of benzene rings is 4. The number of phenolic OH excluding ortho intramolecular Hbond substituents is 2. The highest BCUT2D eigenvalue weighted by Gasteiger charge is 2.20. The van der Waals surface area contributed by atoms with Crippen molar-refractivity contribution >= 4 is 33.5 Å². The molecule has 0 aliphatic carbocycles. The van der Waals surface area contributed by atoms with Gasteiger partial charge in [-0.25, -0.2) is 9.59 Å². The molecule has 4 aromatic rings. The minimum absolute atomic E-state index is 0.00726. The molecule has 0 saturated carbocycles. The van der Waals surface area contributed by atoms with Crippen LogP contribution in [0.5, 0.6) is 11.5 Å². The first-order chi connectivity index (χ1) is 14.1. The van der Waals surface area contributed by atoms with Crippen LogP contribution in [-0.4, -0.2) is 28.9 Å². The third-order valence-corrected chi connectivity index (χ3v) is 4.60. The van der Waals surface area contributed by atoms with Crippen LogP contribution in [0.2, 0.25) is 0 Å². The molecule has 4 rings (SSSR count). The second kappa shape index (κ2) is 7.52. The van der Waals surface area contributed by atoms with Crippen molar-refractivity contribution in [3.05, 3.63) is 83.9 Å². The van der Waals surface area contributed by atoms with E-state index in [4.69, 9.17) is 9.47 Å². The Hall–Kier alpha value is -4.06. The van der Waals surface area contributed by atoms with Gasteiger partial charge in [0.05, 0.1) is 0 Å². The molecule has 0 aliphatic rings. The topological polar surface area (TPSA) is 93.1 Å². The lowest BCUT2D eigenvalue weighted by Crippen LogP contribution is -2.14. The summed E-state index contributed by atoms with van der Waals surface area (Å²) in [5, 5.41) is 22.7. The maximum Gasteiger partial charge on any atom is 0.345 e. The molecule has 0 fully saturated rings. The van der Waals surface area contributed by atoms with E-state index in [1.165, 1.54) is 12.1 Å². The lowest BCUT2D eigenvalue weighted by molar-refractivity contribution is -0.0167. The van der Waals surface area contributed by atoms with Gasteiger partial charge < -0.3 is 19.7 Å². The Kier molecular flexibility index (Phi) is 4.75. The summed E-state index contributed by atoms with van der Waals surface area (Å²) in [6.45, 7) is -0.664. The largest absolute Gasteiger partial charge is 0.507 e. The molecular weight excluding hydrogens is 372 g/mol. The van der Waals surface area contributed by atoms with Crippen LogP contribution >= 0.6 is 0 Å². The smallest absolute Gasteiger partial charge is 0.345 e. The average Bonchev–Trinajstić information content (AvgIpc) is 2.73. The molecule has 0 saturated heterocycles. The van der Waals surface area contributed by atoms with Crippen molar-refractivity contribution in [1.29, 1.82) is 0 Å². The molecule has 0 atom stereocenters. The van der Waals surface area contributed by atoms with Crippen LogP contribution in [0, 0.1) is 0 Å². The molecule has 0 radical (unpaired) electrons. The summed E-state index contributed by atoms with van der Waals surface area (Å²) >= 11 is 0. The zero-order valence-corrected chi connectivity index (χ0v) is 15.2. The summed E-state index contributed by atoms with van der Waals surface area (Å²) in [4.78, 5) is 24.9. The number of carbonyl (C=O) groups is 2. The summed E-state index contributed by atoms with van der Waals surface area (Å²) in [5.74, 6) is -2.11. The molecule has 4 aromatic carbocycles. The van der Waals surface area contributed by atoms with E-state index in [9.17, 15) is 19.8 Å². The molecule has 2 N–H and O–H groups in total. The number of phenols is 2. The molecule has 0 spiro atoms. The van der Waals surface area contributed by atoms with E-state index in [0.29, 0.717) is 10.8 Å². The molecule has 0 bridgehead atoms. The quantitative estimate of drug-likeness (QED) is 0.398. The number of hydrogen-bond acceptors (Lipinski definition) is 6. The Labute approximate surface area is 165 Å². The first-order valence-corrected chi connectivity index (χ1v) is 8.82. The van der Waals surface area contributed by atoms with Gasteiger partial charge in [0.1, 0.15) is 22.6 Å². The van der Waals surface area contributed by atoms with Gasteiger partial charge in [0, 0.05) is 0 Å². The maximum absolute atomic E-state index is 12.5. The molecule has 0 aromatic heterocycles. The Balaban J connectivity index is 1.52. The number of ether oxygens (including phenoxy) is 2. The lowest BCUT2D eigenvalue weighted by Gasteiger charge is -2.11. The molecule has 0 unspecified atom stereocenters. The van der Waals surface area contributed by atoms with Crippen LogP contribution in [-0.2, 0) is 9.47 Å². The van der Waals surface area contributed by atoms with Gasteiger partial charge in [-0.05, 0) is 33.7 Å². The molecule has 0 aliphatic heterocycles. The zero-order valence-electron chi connectivity index (χ0n) is 15.2. The number of rotatable bonds is 4.